The lowest BCUT2D eigenvalue weighted by atomic mass is 10.1. The molecule has 0 amide bonds. The van der Waals surface area contributed by atoms with E-state index in [1.807, 2.05) is 18.2 Å². The third kappa shape index (κ3) is 2.36. The van der Waals surface area contributed by atoms with Gasteiger partial charge in [-0.3, -0.25) is 10.3 Å². The Morgan fingerprint density at radius 3 is 2.62 bits per heavy atom. The van der Waals surface area contributed by atoms with Crippen molar-refractivity contribution in [3.05, 3.63) is 23.8 Å². The Labute approximate surface area is 78.6 Å². The van der Waals surface area contributed by atoms with Crippen molar-refractivity contribution in [1.29, 1.82) is 0 Å². The van der Waals surface area contributed by atoms with Gasteiger partial charge in [0, 0.05) is 6.07 Å². The van der Waals surface area contributed by atoms with E-state index in [0.717, 1.165) is 17.9 Å². The predicted octanol–water partition coefficient (Wildman–Crippen LogP) is 2.23. The molecule has 0 radical (unpaired) electrons. The molecule has 0 bridgehead atoms. The van der Waals surface area contributed by atoms with Gasteiger partial charge in [0.05, 0.1) is 19.9 Å². The number of hydrogen-bond acceptors (Lipinski definition) is 3. The maximum atomic E-state index is 5.23. The summed E-state index contributed by atoms with van der Waals surface area (Å²) in [6, 6.07) is 5.91. The molecule has 0 aromatic heterocycles. The molecule has 1 N–H and O–H groups in total. The zero-order valence-corrected chi connectivity index (χ0v) is 8.26. The number of aryl methyl sites for hydroxylation is 1. The Kier molecular flexibility index (Phi) is 3.58. The van der Waals surface area contributed by atoms with Crippen LogP contribution in [0.1, 0.15) is 12.5 Å². The first-order chi connectivity index (χ1) is 6.31. The molecule has 0 aliphatic carbocycles. The molecule has 1 rings (SSSR count). The molecule has 3 heteroatoms. The number of methoxy groups -OCH3 is 1. The smallest absolute Gasteiger partial charge is 0.124 e. The lowest BCUT2D eigenvalue weighted by Crippen LogP contribution is -1.97. The van der Waals surface area contributed by atoms with Crippen molar-refractivity contribution in [1.82, 2.24) is 0 Å². The summed E-state index contributed by atoms with van der Waals surface area (Å²) in [5, 5.41) is 0. The highest BCUT2D eigenvalue weighted by Gasteiger charge is 2.01. The molecule has 0 fully saturated rings. The average Bonchev–Trinajstić information content (AvgIpc) is 2.18. The van der Waals surface area contributed by atoms with Crippen molar-refractivity contribution < 1.29 is 9.57 Å². The Hall–Kier alpha value is -1.22. The van der Waals surface area contributed by atoms with Crippen LogP contribution in [0.15, 0.2) is 18.2 Å². The monoisotopic (exact) mass is 181 g/mol. The molecule has 72 valence electrons. The van der Waals surface area contributed by atoms with Gasteiger partial charge in [0.1, 0.15) is 5.75 Å². The number of hydrogen-bond donors (Lipinski definition) is 1. The van der Waals surface area contributed by atoms with Gasteiger partial charge >= 0.3 is 0 Å². The van der Waals surface area contributed by atoms with Gasteiger partial charge in [-0.15, -0.1) is 0 Å². The highest BCUT2D eigenvalue weighted by atomic mass is 16.6. The van der Waals surface area contributed by atoms with E-state index in [0.29, 0.717) is 0 Å². The molecule has 0 aliphatic rings. The van der Waals surface area contributed by atoms with Crippen LogP contribution in [-0.4, -0.2) is 14.2 Å². The van der Waals surface area contributed by atoms with Gasteiger partial charge in [0.2, 0.25) is 0 Å². The average molecular weight is 181 g/mol. The van der Waals surface area contributed by atoms with Crippen LogP contribution in [0.2, 0.25) is 0 Å². The topological polar surface area (TPSA) is 30.5 Å². The quantitative estimate of drug-likeness (QED) is 0.722. The lowest BCUT2D eigenvalue weighted by molar-refractivity contribution is 0.270. The maximum Gasteiger partial charge on any atom is 0.124 e. The Morgan fingerprint density at radius 1 is 1.31 bits per heavy atom. The van der Waals surface area contributed by atoms with Gasteiger partial charge in [-0.05, 0) is 18.1 Å². The summed E-state index contributed by atoms with van der Waals surface area (Å²) in [5.41, 5.74) is 4.85. The minimum Gasteiger partial charge on any atom is -0.496 e. The standard InChI is InChI=1S/C10H15NO2/c1-4-8-5-6-9(11-13-3)7-10(8)12-2/h5-7,11H,4H2,1-3H3. The van der Waals surface area contributed by atoms with E-state index >= 15 is 0 Å². The fraction of sp³-hybridized carbons (Fsp3) is 0.400. The first-order valence-corrected chi connectivity index (χ1v) is 4.27. The SMILES string of the molecule is CCc1ccc(NOC)cc1OC. The molecule has 0 saturated carbocycles. The van der Waals surface area contributed by atoms with E-state index in [1.165, 1.54) is 5.56 Å². The van der Waals surface area contributed by atoms with E-state index in [-0.39, 0.29) is 0 Å². The Balaban J connectivity index is 2.91. The number of benzene rings is 1. The molecular formula is C10H15NO2. The van der Waals surface area contributed by atoms with E-state index in [9.17, 15) is 0 Å². The first kappa shape index (κ1) is 9.86. The lowest BCUT2D eigenvalue weighted by Gasteiger charge is -2.09. The van der Waals surface area contributed by atoms with Gasteiger partial charge in [0.15, 0.2) is 0 Å². The van der Waals surface area contributed by atoms with Crippen molar-refractivity contribution in [2.45, 2.75) is 13.3 Å². The van der Waals surface area contributed by atoms with E-state index in [1.54, 1.807) is 14.2 Å². The molecule has 0 saturated heterocycles. The molecular weight excluding hydrogens is 166 g/mol. The minimum absolute atomic E-state index is 0.893. The Morgan fingerprint density at radius 2 is 2.08 bits per heavy atom. The molecule has 0 atom stereocenters. The van der Waals surface area contributed by atoms with Crippen LogP contribution < -0.4 is 10.2 Å². The van der Waals surface area contributed by atoms with E-state index in [2.05, 4.69) is 12.4 Å². The largest absolute Gasteiger partial charge is 0.496 e. The third-order valence-electron chi connectivity index (χ3n) is 1.89. The molecule has 0 heterocycles. The van der Waals surface area contributed by atoms with Crippen molar-refractivity contribution in [2.75, 3.05) is 19.7 Å². The highest BCUT2D eigenvalue weighted by Crippen LogP contribution is 2.23. The molecule has 0 unspecified atom stereocenters. The second kappa shape index (κ2) is 4.72. The Bertz CT molecular complexity index is 274. The zero-order valence-electron chi connectivity index (χ0n) is 8.26. The first-order valence-electron chi connectivity index (χ1n) is 4.27. The van der Waals surface area contributed by atoms with Crippen LogP contribution in [0.5, 0.6) is 5.75 Å². The van der Waals surface area contributed by atoms with Gasteiger partial charge in [-0.2, -0.15) is 0 Å². The second-order valence-corrected chi connectivity index (χ2v) is 2.69. The van der Waals surface area contributed by atoms with Gasteiger partial charge < -0.3 is 4.74 Å². The summed E-state index contributed by atoms with van der Waals surface area (Å²) in [6.45, 7) is 2.10. The summed E-state index contributed by atoms with van der Waals surface area (Å²) in [7, 11) is 3.26. The van der Waals surface area contributed by atoms with Gasteiger partial charge in [-0.25, -0.2) is 0 Å². The minimum atomic E-state index is 0.893. The molecule has 3 nitrogen and oxygen atoms in total. The van der Waals surface area contributed by atoms with Crippen LogP contribution in [0.25, 0.3) is 0 Å². The highest BCUT2D eigenvalue weighted by molar-refractivity contribution is 5.50. The summed E-state index contributed by atoms with van der Waals surface area (Å²) in [5.74, 6) is 0.893. The van der Waals surface area contributed by atoms with Crippen LogP contribution in [-0.2, 0) is 11.3 Å². The molecule has 13 heavy (non-hydrogen) atoms. The fourth-order valence-corrected chi connectivity index (χ4v) is 1.22. The predicted molar refractivity (Wildman–Crippen MR) is 53.0 cm³/mol. The summed E-state index contributed by atoms with van der Waals surface area (Å²) in [6.07, 6.45) is 0.969. The normalized spacial score (nSPS) is 9.77. The van der Waals surface area contributed by atoms with Crippen molar-refractivity contribution in [3.63, 3.8) is 0 Å². The van der Waals surface area contributed by atoms with Crippen LogP contribution in [0.4, 0.5) is 5.69 Å². The molecule has 1 aromatic rings. The molecule has 1 aromatic carbocycles. The number of rotatable bonds is 4. The number of anilines is 1. The fourth-order valence-electron chi connectivity index (χ4n) is 1.22. The number of nitrogens with one attached hydrogen (secondary N) is 1. The summed E-state index contributed by atoms with van der Waals surface area (Å²) >= 11 is 0. The van der Waals surface area contributed by atoms with Crippen LogP contribution in [0.3, 0.4) is 0 Å². The van der Waals surface area contributed by atoms with Crippen molar-refractivity contribution >= 4 is 5.69 Å². The van der Waals surface area contributed by atoms with Gasteiger partial charge in [0.25, 0.3) is 0 Å². The zero-order chi connectivity index (χ0) is 9.68. The van der Waals surface area contributed by atoms with Crippen LogP contribution >= 0.6 is 0 Å². The van der Waals surface area contributed by atoms with Crippen LogP contribution in [0, 0.1) is 0 Å². The summed E-state index contributed by atoms with van der Waals surface area (Å²) in [4.78, 5) is 4.80. The maximum absolute atomic E-state index is 5.23. The molecule has 0 spiro atoms. The third-order valence-corrected chi connectivity index (χ3v) is 1.89. The van der Waals surface area contributed by atoms with Crippen molar-refractivity contribution in [3.8, 4) is 5.75 Å². The van der Waals surface area contributed by atoms with Gasteiger partial charge in [-0.1, -0.05) is 13.0 Å². The van der Waals surface area contributed by atoms with Crippen molar-refractivity contribution in [2.24, 2.45) is 0 Å². The van der Waals surface area contributed by atoms with E-state index < -0.39 is 0 Å². The second-order valence-electron chi connectivity index (χ2n) is 2.69. The number of ether oxygens (including phenoxy) is 1. The molecule has 0 aliphatic heterocycles. The summed E-state index contributed by atoms with van der Waals surface area (Å²) < 4.78 is 5.23. The van der Waals surface area contributed by atoms with E-state index in [4.69, 9.17) is 9.57 Å².